The third-order valence-corrected chi connectivity index (χ3v) is 12.7. The monoisotopic (exact) mass is 892 g/mol. The fraction of sp³-hybridized carbons (Fsp3) is 0.783. The molecule has 4 nitrogen and oxygen atoms in total. The fourth-order valence-corrected chi connectivity index (χ4v) is 8.42. The van der Waals surface area contributed by atoms with Crippen LogP contribution < -0.4 is 5.32 Å². The molecule has 0 fully saturated rings. The lowest BCUT2D eigenvalue weighted by Gasteiger charge is -2.19. The molecule has 2 atom stereocenters. The van der Waals surface area contributed by atoms with Gasteiger partial charge in [0, 0.05) is 6.42 Å². The van der Waals surface area contributed by atoms with E-state index in [4.69, 9.17) is 0 Å². The van der Waals surface area contributed by atoms with Crippen LogP contribution in [0.25, 0.3) is 0 Å². The number of carbonyl (C=O) groups is 1. The fourth-order valence-electron chi connectivity index (χ4n) is 8.42. The highest BCUT2D eigenvalue weighted by Crippen LogP contribution is 2.17. The molecule has 2 unspecified atom stereocenters. The van der Waals surface area contributed by atoms with Crippen molar-refractivity contribution >= 4 is 5.91 Å². The van der Waals surface area contributed by atoms with Gasteiger partial charge in [-0.3, -0.25) is 4.79 Å². The molecule has 0 radical (unpaired) electrons. The minimum Gasteiger partial charge on any atom is -0.394 e. The first-order chi connectivity index (χ1) is 31.7. The largest absolute Gasteiger partial charge is 0.394 e. The zero-order valence-corrected chi connectivity index (χ0v) is 42.8. The van der Waals surface area contributed by atoms with Crippen LogP contribution in [-0.4, -0.2) is 34.9 Å². The molecule has 0 aliphatic rings. The first kappa shape index (κ1) is 61.8. The molecular weight excluding hydrogens is 783 g/mol. The highest BCUT2D eigenvalue weighted by atomic mass is 16.3. The molecule has 4 heteroatoms. The van der Waals surface area contributed by atoms with E-state index in [1.807, 2.05) is 6.08 Å². The van der Waals surface area contributed by atoms with E-state index in [0.717, 1.165) is 57.8 Å². The first-order valence-electron chi connectivity index (χ1n) is 28.2. The summed E-state index contributed by atoms with van der Waals surface area (Å²) in [5.41, 5.74) is 0. The van der Waals surface area contributed by atoms with Gasteiger partial charge in [-0.15, -0.1) is 0 Å². The summed E-state index contributed by atoms with van der Waals surface area (Å²) in [6.45, 7) is 4.19. The molecule has 0 bridgehead atoms. The molecule has 0 heterocycles. The third kappa shape index (κ3) is 50.8. The summed E-state index contributed by atoms with van der Waals surface area (Å²) in [4.78, 5) is 12.4. The molecule has 1 amide bonds. The second-order valence-electron chi connectivity index (χ2n) is 19.0. The number of amides is 1. The summed E-state index contributed by atoms with van der Waals surface area (Å²) in [7, 11) is 0. The molecule has 0 saturated carbocycles. The molecular formula is C60H109NO3. The van der Waals surface area contributed by atoms with Crippen LogP contribution in [0.2, 0.25) is 0 Å². The Morgan fingerprint density at radius 1 is 0.391 bits per heavy atom. The van der Waals surface area contributed by atoms with Crippen molar-refractivity contribution in [3.63, 3.8) is 0 Å². The van der Waals surface area contributed by atoms with Crippen molar-refractivity contribution in [2.45, 2.75) is 296 Å². The van der Waals surface area contributed by atoms with Crippen LogP contribution in [-0.2, 0) is 4.79 Å². The summed E-state index contributed by atoms with van der Waals surface area (Å²) in [5.74, 6) is -0.0712. The normalized spacial score (nSPS) is 13.4. The molecule has 0 rings (SSSR count). The van der Waals surface area contributed by atoms with Gasteiger partial charge in [-0.1, -0.05) is 279 Å². The molecule has 0 aromatic heterocycles. The number of allylic oxidation sites excluding steroid dienone is 11. The molecule has 0 saturated heterocycles. The van der Waals surface area contributed by atoms with Gasteiger partial charge in [-0.2, -0.15) is 0 Å². The summed E-state index contributed by atoms with van der Waals surface area (Å²) in [6.07, 6.45) is 79.3. The highest BCUT2D eigenvalue weighted by Gasteiger charge is 2.18. The van der Waals surface area contributed by atoms with E-state index in [-0.39, 0.29) is 12.5 Å². The molecule has 372 valence electrons. The molecule has 0 spiro atoms. The maximum absolute atomic E-state index is 12.4. The lowest BCUT2D eigenvalue weighted by Crippen LogP contribution is -2.45. The van der Waals surface area contributed by atoms with Gasteiger partial charge in [0.25, 0.3) is 0 Å². The molecule has 0 aromatic carbocycles. The van der Waals surface area contributed by atoms with Crippen LogP contribution in [0.5, 0.6) is 0 Å². The van der Waals surface area contributed by atoms with Gasteiger partial charge in [-0.05, 0) is 70.6 Å². The Kier molecular flexibility index (Phi) is 53.3. The highest BCUT2D eigenvalue weighted by molar-refractivity contribution is 5.76. The Bertz CT molecular complexity index is 1100. The van der Waals surface area contributed by atoms with Gasteiger partial charge in [0.1, 0.15) is 0 Å². The van der Waals surface area contributed by atoms with E-state index in [0.29, 0.717) is 6.42 Å². The summed E-state index contributed by atoms with van der Waals surface area (Å²) < 4.78 is 0. The Morgan fingerprint density at radius 3 is 1.09 bits per heavy atom. The van der Waals surface area contributed by atoms with E-state index in [2.05, 4.69) is 79.9 Å². The zero-order chi connectivity index (χ0) is 46.3. The van der Waals surface area contributed by atoms with E-state index in [9.17, 15) is 15.0 Å². The molecule has 0 aromatic rings. The van der Waals surface area contributed by atoms with Gasteiger partial charge in [0.15, 0.2) is 0 Å². The minimum atomic E-state index is -0.862. The average Bonchev–Trinajstić information content (AvgIpc) is 3.30. The number of hydrogen-bond acceptors (Lipinski definition) is 3. The summed E-state index contributed by atoms with van der Waals surface area (Å²) >= 11 is 0. The van der Waals surface area contributed by atoms with Crippen molar-refractivity contribution in [3.8, 4) is 0 Å². The Balaban J connectivity index is 3.44. The maximum Gasteiger partial charge on any atom is 0.220 e. The van der Waals surface area contributed by atoms with E-state index in [1.165, 1.54) is 205 Å². The van der Waals surface area contributed by atoms with Crippen molar-refractivity contribution in [2.75, 3.05) is 6.61 Å². The van der Waals surface area contributed by atoms with Crippen LogP contribution in [0, 0.1) is 0 Å². The average molecular weight is 893 g/mol. The predicted molar refractivity (Wildman–Crippen MR) is 285 cm³/mol. The van der Waals surface area contributed by atoms with Crippen LogP contribution in [0.15, 0.2) is 72.9 Å². The third-order valence-electron chi connectivity index (χ3n) is 12.7. The maximum atomic E-state index is 12.4. The number of nitrogens with one attached hydrogen (secondary N) is 1. The van der Waals surface area contributed by atoms with Gasteiger partial charge in [-0.25, -0.2) is 0 Å². The van der Waals surface area contributed by atoms with Gasteiger partial charge >= 0.3 is 0 Å². The smallest absolute Gasteiger partial charge is 0.220 e. The van der Waals surface area contributed by atoms with Crippen LogP contribution in [0.4, 0.5) is 0 Å². The SMILES string of the molecule is CC/C=C\C/C=C\C/C=C\C/C=C\CCCCCCCCCCCCCCCCCCCCCCCCCCC(=O)NC(CO)C(O)/C=C/CC/C=C/CCCCCCCCCCC. The van der Waals surface area contributed by atoms with E-state index >= 15 is 0 Å². The standard InChI is InChI=1S/C60H109NO3/c1-3-5-7-9-11-13-15-17-19-20-21-22-23-24-25-26-27-28-29-30-31-32-33-34-35-36-37-38-39-40-42-44-46-48-50-52-54-56-60(64)61-58(57-62)59(63)55-53-51-49-47-45-43-41-18-16-14-12-10-8-6-4-2/h5,7,11,13,17,19,21-22,45,47,53,55,58-59,62-63H,3-4,6,8-10,12,14-16,18,20,23-44,46,48-52,54,56-57H2,1-2H3,(H,61,64)/b7-5-,13-11-,19-17-,22-21-,47-45+,55-53+. The molecule has 3 N–H and O–H groups in total. The topological polar surface area (TPSA) is 69.6 Å². The lowest BCUT2D eigenvalue weighted by atomic mass is 10.0. The number of aliphatic hydroxyl groups is 2. The number of hydrogen-bond donors (Lipinski definition) is 3. The van der Waals surface area contributed by atoms with Crippen molar-refractivity contribution in [1.82, 2.24) is 5.32 Å². The molecule has 0 aliphatic heterocycles. The predicted octanol–water partition coefficient (Wildman–Crippen LogP) is 18.6. The van der Waals surface area contributed by atoms with Crippen molar-refractivity contribution < 1.29 is 15.0 Å². The van der Waals surface area contributed by atoms with E-state index in [1.54, 1.807) is 6.08 Å². The van der Waals surface area contributed by atoms with Gasteiger partial charge in [0.05, 0.1) is 18.8 Å². The zero-order valence-electron chi connectivity index (χ0n) is 42.8. The number of unbranched alkanes of at least 4 members (excludes halogenated alkanes) is 34. The second-order valence-corrected chi connectivity index (χ2v) is 19.0. The molecule has 0 aliphatic carbocycles. The Morgan fingerprint density at radius 2 is 0.703 bits per heavy atom. The summed E-state index contributed by atoms with van der Waals surface area (Å²) in [5, 5.41) is 23.1. The van der Waals surface area contributed by atoms with Crippen LogP contribution in [0.1, 0.15) is 284 Å². The number of aliphatic hydroxyl groups excluding tert-OH is 2. The van der Waals surface area contributed by atoms with E-state index < -0.39 is 12.1 Å². The van der Waals surface area contributed by atoms with Gasteiger partial charge < -0.3 is 15.5 Å². The molecule has 64 heavy (non-hydrogen) atoms. The van der Waals surface area contributed by atoms with Crippen LogP contribution in [0.3, 0.4) is 0 Å². The Labute approximate surface area is 399 Å². The number of carbonyl (C=O) groups excluding carboxylic acids is 1. The quantitative estimate of drug-likeness (QED) is 0.0421. The number of rotatable bonds is 51. The van der Waals surface area contributed by atoms with Crippen LogP contribution >= 0.6 is 0 Å². The van der Waals surface area contributed by atoms with Gasteiger partial charge in [0.2, 0.25) is 5.91 Å². The first-order valence-corrected chi connectivity index (χ1v) is 28.2. The summed E-state index contributed by atoms with van der Waals surface area (Å²) in [6, 6.07) is -0.639. The second kappa shape index (κ2) is 55.2. The minimum absolute atomic E-state index is 0.0712. The Hall–Kier alpha value is -2.17. The van der Waals surface area contributed by atoms with Crippen molar-refractivity contribution in [1.29, 1.82) is 0 Å². The van der Waals surface area contributed by atoms with Crippen molar-refractivity contribution in [2.24, 2.45) is 0 Å². The van der Waals surface area contributed by atoms with Crippen molar-refractivity contribution in [3.05, 3.63) is 72.9 Å². The lowest BCUT2D eigenvalue weighted by molar-refractivity contribution is -0.123.